The normalized spacial score (nSPS) is 15.0. The highest BCUT2D eigenvalue weighted by Crippen LogP contribution is 2.25. The Balaban J connectivity index is 1.46. The van der Waals surface area contributed by atoms with Crippen molar-refractivity contribution in [3.63, 3.8) is 0 Å². The van der Waals surface area contributed by atoms with Gasteiger partial charge in [0, 0.05) is 54.0 Å². The minimum atomic E-state index is -0.278. The van der Waals surface area contributed by atoms with Gasteiger partial charge in [-0.05, 0) is 12.1 Å². The predicted octanol–water partition coefficient (Wildman–Crippen LogP) is 4.13. The van der Waals surface area contributed by atoms with E-state index in [9.17, 15) is 4.39 Å². The van der Waals surface area contributed by atoms with Gasteiger partial charge in [0.05, 0.1) is 6.54 Å². The van der Waals surface area contributed by atoms with E-state index in [0.717, 1.165) is 42.4 Å². The fourth-order valence-corrected chi connectivity index (χ4v) is 3.26. The Morgan fingerprint density at radius 1 is 1.22 bits per heavy atom. The molecule has 0 radical (unpaired) electrons. The fourth-order valence-electron chi connectivity index (χ4n) is 3.26. The van der Waals surface area contributed by atoms with Gasteiger partial charge in [0.15, 0.2) is 5.76 Å². The van der Waals surface area contributed by atoms with Gasteiger partial charge in [0.2, 0.25) is 0 Å². The number of fused-ring (bicyclic) bond motifs is 1. The summed E-state index contributed by atoms with van der Waals surface area (Å²) < 4.78 is 18.9. The van der Waals surface area contributed by atoms with Crippen LogP contribution in [-0.2, 0) is 24.9 Å². The van der Waals surface area contributed by atoms with Gasteiger partial charge in [0.1, 0.15) is 17.3 Å². The summed E-state index contributed by atoms with van der Waals surface area (Å²) in [5.41, 5.74) is 3.64. The largest absolute Gasteiger partial charge is 0.359 e. The molecule has 4 rings (SSSR count). The zero-order chi connectivity index (χ0) is 19.0. The number of hydrogen-bond donors (Lipinski definition) is 0. The van der Waals surface area contributed by atoms with E-state index >= 15 is 0 Å². The van der Waals surface area contributed by atoms with Crippen LogP contribution in [0.2, 0.25) is 0 Å². The standard InChI is InChI=1S/C21H23FN4O/c1-21(2,3)20-23-11-15-12-26(8-7-18(15)24-20)13-17-10-19(25-27-17)14-5-4-6-16(22)9-14/h4-6,9-11H,7-8,12-13H2,1-3H3. The van der Waals surface area contributed by atoms with Crippen LogP contribution in [0.3, 0.4) is 0 Å². The second kappa shape index (κ2) is 6.85. The first-order valence-electron chi connectivity index (χ1n) is 9.18. The SMILES string of the molecule is CC(C)(C)c1ncc2c(n1)CCN(Cc1cc(-c3cccc(F)c3)no1)C2. The van der Waals surface area contributed by atoms with Gasteiger partial charge < -0.3 is 4.52 Å². The Kier molecular flexibility index (Phi) is 4.52. The average molecular weight is 366 g/mol. The third-order valence-electron chi connectivity index (χ3n) is 4.74. The molecule has 0 N–H and O–H groups in total. The second-order valence-corrected chi connectivity index (χ2v) is 8.07. The second-order valence-electron chi connectivity index (χ2n) is 8.07. The zero-order valence-corrected chi connectivity index (χ0v) is 15.9. The molecule has 2 aromatic heterocycles. The van der Waals surface area contributed by atoms with Crippen molar-refractivity contribution in [3.8, 4) is 11.3 Å². The smallest absolute Gasteiger partial charge is 0.151 e. The first kappa shape index (κ1) is 17.8. The Morgan fingerprint density at radius 2 is 2.07 bits per heavy atom. The zero-order valence-electron chi connectivity index (χ0n) is 15.9. The van der Waals surface area contributed by atoms with Crippen LogP contribution in [0.5, 0.6) is 0 Å². The molecule has 0 bridgehead atoms. The molecule has 0 aliphatic carbocycles. The minimum absolute atomic E-state index is 0.0423. The summed E-state index contributed by atoms with van der Waals surface area (Å²) in [5.74, 6) is 1.38. The van der Waals surface area contributed by atoms with Gasteiger partial charge in [-0.2, -0.15) is 0 Å². The molecular weight excluding hydrogens is 343 g/mol. The van der Waals surface area contributed by atoms with Crippen molar-refractivity contribution in [2.45, 2.75) is 45.7 Å². The molecule has 5 nitrogen and oxygen atoms in total. The van der Waals surface area contributed by atoms with Gasteiger partial charge >= 0.3 is 0 Å². The van der Waals surface area contributed by atoms with E-state index < -0.39 is 0 Å². The summed E-state index contributed by atoms with van der Waals surface area (Å²) in [5, 5.41) is 4.08. The lowest BCUT2D eigenvalue weighted by atomic mass is 9.95. The molecule has 3 heterocycles. The molecule has 27 heavy (non-hydrogen) atoms. The molecule has 140 valence electrons. The predicted molar refractivity (Wildman–Crippen MR) is 100 cm³/mol. The van der Waals surface area contributed by atoms with Crippen LogP contribution < -0.4 is 0 Å². The van der Waals surface area contributed by atoms with Crippen molar-refractivity contribution < 1.29 is 8.91 Å². The molecule has 0 unspecified atom stereocenters. The van der Waals surface area contributed by atoms with Crippen LogP contribution >= 0.6 is 0 Å². The van der Waals surface area contributed by atoms with Gasteiger partial charge in [0.25, 0.3) is 0 Å². The number of hydrogen-bond acceptors (Lipinski definition) is 5. The number of halogens is 1. The Labute approximate surface area is 158 Å². The van der Waals surface area contributed by atoms with Crippen LogP contribution in [-0.4, -0.2) is 26.6 Å². The average Bonchev–Trinajstić information content (AvgIpc) is 3.09. The van der Waals surface area contributed by atoms with E-state index in [1.165, 1.54) is 17.7 Å². The summed E-state index contributed by atoms with van der Waals surface area (Å²) in [6, 6.07) is 8.26. The first-order valence-corrected chi connectivity index (χ1v) is 9.18. The summed E-state index contributed by atoms with van der Waals surface area (Å²) in [6.07, 6.45) is 2.85. The highest BCUT2D eigenvalue weighted by molar-refractivity contribution is 5.58. The lowest BCUT2D eigenvalue weighted by Gasteiger charge is -2.28. The van der Waals surface area contributed by atoms with Crippen molar-refractivity contribution in [2.24, 2.45) is 0 Å². The Hall–Kier alpha value is -2.60. The summed E-state index contributed by atoms with van der Waals surface area (Å²) in [7, 11) is 0. The van der Waals surface area contributed by atoms with E-state index in [4.69, 9.17) is 9.51 Å². The topological polar surface area (TPSA) is 55.1 Å². The molecular formula is C21H23FN4O. The van der Waals surface area contributed by atoms with Crippen molar-refractivity contribution in [2.75, 3.05) is 6.54 Å². The van der Waals surface area contributed by atoms with Crippen LogP contribution in [0.4, 0.5) is 4.39 Å². The van der Waals surface area contributed by atoms with Gasteiger partial charge in [-0.3, -0.25) is 4.90 Å². The molecule has 0 atom stereocenters. The first-order chi connectivity index (χ1) is 12.9. The van der Waals surface area contributed by atoms with Gasteiger partial charge in [-0.1, -0.05) is 38.1 Å². The molecule has 0 amide bonds. The number of rotatable bonds is 3. The Bertz CT molecular complexity index is 961. The van der Waals surface area contributed by atoms with Crippen LogP contribution in [0.25, 0.3) is 11.3 Å². The molecule has 0 saturated carbocycles. The fraction of sp³-hybridized carbons (Fsp3) is 0.381. The van der Waals surface area contributed by atoms with E-state index in [2.05, 4.69) is 35.8 Å². The van der Waals surface area contributed by atoms with Crippen LogP contribution in [0, 0.1) is 5.82 Å². The molecule has 0 spiro atoms. The molecule has 1 aliphatic heterocycles. The Morgan fingerprint density at radius 3 is 2.85 bits per heavy atom. The van der Waals surface area contributed by atoms with E-state index in [-0.39, 0.29) is 11.2 Å². The lowest BCUT2D eigenvalue weighted by Crippen LogP contribution is -2.31. The molecule has 0 fully saturated rings. The highest BCUT2D eigenvalue weighted by atomic mass is 19.1. The van der Waals surface area contributed by atoms with Crippen molar-refractivity contribution in [1.29, 1.82) is 0 Å². The van der Waals surface area contributed by atoms with E-state index in [1.807, 2.05) is 18.3 Å². The molecule has 1 aliphatic rings. The third-order valence-corrected chi connectivity index (χ3v) is 4.74. The van der Waals surface area contributed by atoms with Crippen LogP contribution in [0.15, 0.2) is 41.1 Å². The summed E-state index contributed by atoms with van der Waals surface area (Å²) in [6.45, 7) is 8.74. The van der Waals surface area contributed by atoms with E-state index in [0.29, 0.717) is 12.2 Å². The quantitative estimate of drug-likeness (QED) is 0.698. The van der Waals surface area contributed by atoms with Crippen molar-refractivity contribution in [1.82, 2.24) is 20.0 Å². The number of nitrogens with zero attached hydrogens (tertiary/aromatic N) is 4. The highest BCUT2D eigenvalue weighted by Gasteiger charge is 2.23. The minimum Gasteiger partial charge on any atom is -0.359 e. The van der Waals surface area contributed by atoms with E-state index in [1.54, 1.807) is 6.07 Å². The maximum absolute atomic E-state index is 13.4. The van der Waals surface area contributed by atoms with Gasteiger partial charge in [-0.25, -0.2) is 14.4 Å². The molecule has 0 saturated heterocycles. The number of aromatic nitrogens is 3. The molecule has 6 heteroatoms. The lowest BCUT2D eigenvalue weighted by molar-refractivity contribution is 0.212. The maximum atomic E-state index is 13.4. The van der Waals surface area contributed by atoms with Crippen LogP contribution in [0.1, 0.15) is 43.6 Å². The third kappa shape index (κ3) is 3.90. The summed E-state index contributed by atoms with van der Waals surface area (Å²) >= 11 is 0. The monoisotopic (exact) mass is 366 g/mol. The molecule has 1 aromatic carbocycles. The maximum Gasteiger partial charge on any atom is 0.151 e. The van der Waals surface area contributed by atoms with Crippen molar-refractivity contribution in [3.05, 3.63) is 65.2 Å². The summed E-state index contributed by atoms with van der Waals surface area (Å²) in [4.78, 5) is 11.6. The number of benzene rings is 1. The van der Waals surface area contributed by atoms with Crippen molar-refractivity contribution >= 4 is 0 Å². The molecule has 3 aromatic rings. The van der Waals surface area contributed by atoms with Gasteiger partial charge in [-0.15, -0.1) is 0 Å².